The third-order valence-corrected chi connectivity index (χ3v) is 3.64. The summed E-state index contributed by atoms with van der Waals surface area (Å²) in [5.74, 6) is 1.82. The van der Waals surface area contributed by atoms with Crippen molar-refractivity contribution in [2.24, 2.45) is 5.92 Å². The summed E-state index contributed by atoms with van der Waals surface area (Å²) in [5, 5.41) is 0.748. The van der Waals surface area contributed by atoms with Gasteiger partial charge >= 0.3 is 0 Å². The van der Waals surface area contributed by atoms with Crippen LogP contribution in [0.3, 0.4) is 0 Å². The van der Waals surface area contributed by atoms with Crippen LogP contribution in [0.25, 0.3) is 0 Å². The Morgan fingerprint density at radius 1 is 1.47 bits per heavy atom. The Labute approximate surface area is 108 Å². The molecule has 1 fully saturated rings. The first-order chi connectivity index (χ1) is 8.06. The molecule has 0 amide bonds. The highest BCUT2D eigenvalue weighted by Crippen LogP contribution is 2.24. The SMILES string of the molecule is Cc1nc(N2CCC(CN(C)C)C2)ccc1Cl. The van der Waals surface area contributed by atoms with Gasteiger partial charge in [-0.3, -0.25) is 0 Å². The van der Waals surface area contributed by atoms with Gasteiger partial charge in [-0.05, 0) is 45.5 Å². The van der Waals surface area contributed by atoms with Gasteiger partial charge in [0.25, 0.3) is 0 Å². The predicted molar refractivity (Wildman–Crippen MR) is 72.9 cm³/mol. The second kappa shape index (κ2) is 5.23. The highest BCUT2D eigenvalue weighted by Gasteiger charge is 2.23. The van der Waals surface area contributed by atoms with E-state index in [1.807, 2.05) is 19.1 Å². The van der Waals surface area contributed by atoms with Crippen molar-refractivity contribution in [3.8, 4) is 0 Å². The number of rotatable bonds is 3. The molecule has 1 aromatic rings. The van der Waals surface area contributed by atoms with Crippen LogP contribution < -0.4 is 4.90 Å². The molecule has 0 saturated carbocycles. The van der Waals surface area contributed by atoms with Gasteiger partial charge in [-0.1, -0.05) is 11.6 Å². The van der Waals surface area contributed by atoms with Gasteiger partial charge in [0.15, 0.2) is 0 Å². The van der Waals surface area contributed by atoms with E-state index in [0.717, 1.165) is 42.1 Å². The van der Waals surface area contributed by atoms with Crippen molar-refractivity contribution >= 4 is 17.4 Å². The highest BCUT2D eigenvalue weighted by molar-refractivity contribution is 6.31. The lowest BCUT2D eigenvalue weighted by Crippen LogP contribution is -2.26. The van der Waals surface area contributed by atoms with Crippen LogP contribution in [-0.2, 0) is 0 Å². The third kappa shape index (κ3) is 3.11. The summed E-state index contributed by atoms with van der Waals surface area (Å²) >= 11 is 6.00. The predicted octanol–water partition coefficient (Wildman–Crippen LogP) is 2.43. The largest absolute Gasteiger partial charge is 0.356 e. The molecule has 1 aliphatic heterocycles. The zero-order valence-corrected chi connectivity index (χ0v) is 11.5. The van der Waals surface area contributed by atoms with E-state index in [0.29, 0.717) is 0 Å². The van der Waals surface area contributed by atoms with E-state index in [1.54, 1.807) is 0 Å². The number of anilines is 1. The Kier molecular flexibility index (Phi) is 3.89. The number of halogens is 1. The number of aryl methyl sites for hydroxylation is 1. The molecule has 1 unspecified atom stereocenters. The van der Waals surface area contributed by atoms with Gasteiger partial charge in [-0.2, -0.15) is 0 Å². The molecule has 0 radical (unpaired) electrons. The van der Waals surface area contributed by atoms with E-state index in [2.05, 4.69) is 28.9 Å². The van der Waals surface area contributed by atoms with E-state index < -0.39 is 0 Å². The first-order valence-electron chi connectivity index (χ1n) is 6.09. The smallest absolute Gasteiger partial charge is 0.128 e. The fraction of sp³-hybridized carbons (Fsp3) is 0.615. The summed E-state index contributed by atoms with van der Waals surface area (Å²) in [6.45, 7) is 5.32. The summed E-state index contributed by atoms with van der Waals surface area (Å²) in [6.07, 6.45) is 1.25. The van der Waals surface area contributed by atoms with E-state index in [1.165, 1.54) is 6.42 Å². The molecular formula is C13H20ClN3. The average Bonchev–Trinajstić information content (AvgIpc) is 2.69. The van der Waals surface area contributed by atoms with Crippen LogP contribution in [-0.4, -0.2) is 43.6 Å². The number of hydrogen-bond donors (Lipinski definition) is 0. The Balaban J connectivity index is 2.02. The third-order valence-electron chi connectivity index (χ3n) is 3.24. The van der Waals surface area contributed by atoms with Crippen LogP contribution >= 0.6 is 11.6 Å². The molecule has 1 atom stereocenters. The van der Waals surface area contributed by atoms with Crippen LogP contribution in [0.15, 0.2) is 12.1 Å². The molecule has 4 heteroatoms. The minimum atomic E-state index is 0.748. The van der Waals surface area contributed by atoms with Gasteiger partial charge in [0.05, 0.1) is 10.7 Å². The molecule has 3 nitrogen and oxygen atoms in total. The second-order valence-electron chi connectivity index (χ2n) is 5.10. The van der Waals surface area contributed by atoms with Crippen LogP contribution in [0.5, 0.6) is 0 Å². The number of pyridine rings is 1. The monoisotopic (exact) mass is 253 g/mol. The number of nitrogens with zero attached hydrogens (tertiary/aromatic N) is 3. The molecular weight excluding hydrogens is 234 g/mol. The van der Waals surface area contributed by atoms with E-state index in [9.17, 15) is 0 Å². The molecule has 0 bridgehead atoms. The van der Waals surface area contributed by atoms with Gasteiger partial charge < -0.3 is 9.80 Å². The lowest BCUT2D eigenvalue weighted by atomic mass is 10.1. The summed E-state index contributed by atoms with van der Waals surface area (Å²) in [7, 11) is 4.26. The normalized spacial score (nSPS) is 20.3. The topological polar surface area (TPSA) is 19.4 Å². The van der Waals surface area contributed by atoms with Gasteiger partial charge in [-0.25, -0.2) is 4.98 Å². The Morgan fingerprint density at radius 3 is 2.88 bits per heavy atom. The molecule has 1 saturated heterocycles. The highest BCUT2D eigenvalue weighted by atomic mass is 35.5. The maximum absolute atomic E-state index is 6.00. The molecule has 0 aromatic carbocycles. The van der Waals surface area contributed by atoms with Crippen molar-refractivity contribution in [3.63, 3.8) is 0 Å². The van der Waals surface area contributed by atoms with Crippen LogP contribution in [0.1, 0.15) is 12.1 Å². The maximum atomic E-state index is 6.00. The number of aromatic nitrogens is 1. The Bertz CT molecular complexity index is 392. The molecule has 0 N–H and O–H groups in total. The lowest BCUT2D eigenvalue weighted by molar-refractivity contribution is 0.340. The van der Waals surface area contributed by atoms with Crippen molar-refractivity contribution in [2.45, 2.75) is 13.3 Å². The van der Waals surface area contributed by atoms with Gasteiger partial charge in [0.2, 0.25) is 0 Å². The summed E-state index contributed by atoms with van der Waals surface area (Å²) in [5.41, 5.74) is 0.917. The Morgan fingerprint density at radius 2 is 2.24 bits per heavy atom. The fourth-order valence-corrected chi connectivity index (χ4v) is 2.52. The minimum Gasteiger partial charge on any atom is -0.356 e. The van der Waals surface area contributed by atoms with Crippen molar-refractivity contribution in [2.75, 3.05) is 38.6 Å². The van der Waals surface area contributed by atoms with Crippen molar-refractivity contribution in [1.82, 2.24) is 9.88 Å². The van der Waals surface area contributed by atoms with Gasteiger partial charge in [0.1, 0.15) is 5.82 Å². The summed E-state index contributed by atoms with van der Waals surface area (Å²) in [6, 6.07) is 3.96. The minimum absolute atomic E-state index is 0.748. The summed E-state index contributed by atoms with van der Waals surface area (Å²) in [4.78, 5) is 9.17. The average molecular weight is 254 g/mol. The molecule has 2 heterocycles. The molecule has 2 rings (SSSR count). The quantitative estimate of drug-likeness (QED) is 0.825. The van der Waals surface area contributed by atoms with Crippen LogP contribution in [0, 0.1) is 12.8 Å². The first kappa shape index (κ1) is 12.7. The molecule has 17 heavy (non-hydrogen) atoms. The second-order valence-corrected chi connectivity index (χ2v) is 5.51. The first-order valence-corrected chi connectivity index (χ1v) is 6.47. The van der Waals surface area contributed by atoms with Gasteiger partial charge in [-0.15, -0.1) is 0 Å². The van der Waals surface area contributed by atoms with Gasteiger partial charge in [0, 0.05) is 19.6 Å². The molecule has 1 aliphatic rings. The molecule has 0 spiro atoms. The maximum Gasteiger partial charge on any atom is 0.128 e. The van der Waals surface area contributed by atoms with Crippen molar-refractivity contribution in [1.29, 1.82) is 0 Å². The van der Waals surface area contributed by atoms with E-state index in [-0.39, 0.29) is 0 Å². The standard InChI is InChI=1S/C13H20ClN3/c1-10-12(14)4-5-13(15-10)17-7-6-11(9-17)8-16(2)3/h4-5,11H,6-9H2,1-3H3. The van der Waals surface area contributed by atoms with E-state index in [4.69, 9.17) is 11.6 Å². The number of hydrogen-bond acceptors (Lipinski definition) is 3. The fourth-order valence-electron chi connectivity index (χ4n) is 2.41. The molecule has 1 aromatic heterocycles. The summed E-state index contributed by atoms with van der Waals surface area (Å²) < 4.78 is 0. The zero-order valence-electron chi connectivity index (χ0n) is 10.8. The van der Waals surface area contributed by atoms with Crippen molar-refractivity contribution < 1.29 is 0 Å². The van der Waals surface area contributed by atoms with Crippen molar-refractivity contribution in [3.05, 3.63) is 22.8 Å². The van der Waals surface area contributed by atoms with E-state index >= 15 is 0 Å². The Hall–Kier alpha value is -0.800. The molecule has 94 valence electrons. The lowest BCUT2D eigenvalue weighted by Gasteiger charge is -2.19. The van der Waals surface area contributed by atoms with Crippen LogP contribution in [0.2, 0.25) is 5.02 Å². The molecule has 0 aliphatic carbocycles. The zero-order chi connectivity index (χ0) is 12.4. The van der Waals surface area contributed by atoms with Crippen LogP contribution in [0.4, 0.5) is 5.82 Å².